The molecule has 1 aromatic carbocycles. The molecule has 0 aliphatic heterocycles. The highest BCUT2D eigenvalue weighted by atomic mass is 16.1. The molecule has 1 aromatic rings. The molecule has 2 amide bonds. The first-order valence-electron chi connectivity index (χ1n) is 5.43. The minimum atomic E-state index is -0.426. The second kappa shape index (κ2) is 6.65. The fourth-order valence-electron chi connectivity index (χ4n) is 1.39. The summed E-state index contributed by atoms with van der Waals surface area (Å²) < 4.78 is 0. The van der Waals surface area contributed by atoms with E-state index in [2.05, 4.69) is 10.6 Å². The van der Waals surface area contributed by atoms with E-state index in [1.54, 1.807) is 18.2 Å². The molecule has 0 heterocycles. The van der Waals surface area contributed by atoms with Crippen molar-refractivity contribution in [2.24, 2.45) is 5.73 Å². The van der Waals surface area contributed by atoms with Gasteiger partial charge in [-0.2, -0.15) is 0 Å². The zero-order valence-electron chi connectivity index (χ0n) is 9.82. The van der Waals surface area contributed by atoms with Crippen LogP contribution in [0, 0.1) is 0 Å². The van der Waals surface area contributed by atoms with E-state index < -0.39 is 5.91 Å². The molecule has 0 fully saturated rings. The van der Waals surface area contributed by atoms with Gasteiger partial charge in [0.15, 0.2) is 0 Å². The van der Waals surface area contributed by atoms with E-state index in [0.29, 0.717) is 25.2 Å². The van der Waals surface area contributed by atoms with Crippen LogP contribution in [-0.2, 0) is 11.3 Å². The van der Waals surface area contributed by atoms with Gasteiger partial charge in [0, 0.05) is 32.1 Å². The Kier molecular flexibility index (Phi) is 5.16. The Bertz CT molecular complexity index is 404. The van der Waals surface area contributed by atoms with E-state index in [-0.39, 0.29) is 5.91 Å². The third-order valence-corrected chi connectivity index (χ3v) is 2.22. The van der Waals surface area contributed by atoms with Crippen molar-refractivity contribution < 1.29 is 9.59 Å². The number of primary amides is 1. The first-order chi connectivity index (χ1) is 8.09. The molecule has 4 N–H and O–H groups in total. The highest BCUT2D eigenvalue weighted by Crippen LogP contribution is 2.03. The van der Waals surface area contributed by atoms with Crippen LogP contribution in [0.1, 0.15) is 22.8 Å². The van der Waals surface area contributed by atoms with Crippen LogP contribution < -0.4 is 16.4 Å². The average Bonchev–Trinajstić information content (AvgIpc) is 2.28. The molecule has 0 aromatic heterocycles. The predicted molar refractivity (Wildman–Crippen MR) is 65.4 cm³/mol. The van der Waals surface area contributed by atoms with E-state index in [4.69, 9.17) is 5.73 Å². The van der Waals surface area contributed by atoms with Gasteiger partial charge in [-0.1, -0.05) is 12.1 Å². The van der Waals surface area contributed by atoms with Crippen molar-refractivity contribution in [2.45, 2.75) is 13.5 Å². The smallest absolute Gasteiger partial charge is 0.248 e. The van der Waals surface area contributed by atoms with Gasteiger partial charge in [-0.3, -0.25) is 9.59 Å². The summed E-state index contributed by atoms with van der Waals surface area (Å²) in [6.45, 7) is 3.39. The van der Waals surface area contributed by atoms with Gasteiger partial charge in [0.05, 0.1) is 0 Å². The van der Waals surface area contributed by atoms with Crippen LogP contribution in [0.4, 0.5) is 0 Å². The van der Waals surface area contributed by atoms with E-state index in [1.807, 2.05) is 6.07 Å². The van der Waals surface area contributed by atoms with E-state index in [1.165, 1.54) is 6.92 Å². The maximum atomic E-state index is 11.0. The Morgan fingerprint density at radius 2 is 2.06 bits per heavy atom. The fraction of sp³-hybridized carbons (Fsp3) is 0.333. The second-order valence-corrected chi connectivity index (χ2v) is 3.72. The lowest BCUT2D eigenvalue weighted by molar-refractivity contribution is -0.118. The summed E-state index contributed by atoms with van der Waals surface area (Å²) >= 11 is 0. The van der Waals surface area contributed by atoms with Gasteiger partial charge >= 0.3 is 0 Å². The van der Waals surface area contributed by atoms with Crippen LogP contribution in [0.5, 0.6) is 0 Å². The molecule has 92 valence electrons. The topological polar surface area (TPSA) is 84.2 Å². The Labute approximate surface area is 100 Å². The molecular formula is C12H17N3O2. The van der Waals surface area contributed by atoms with Crippen LogP contribution in [-0.4, -0.2) is 24.9 Å². The average molecular weight is 235 g/mol. The van der Waals surface area contributed by atoms with Crippen LogP contribution in [0.3, 0.4) is 0 Å². The third kappa shape index (κ3) is 5.12. The first-order valence-corrected chi connectivity index (χ1v) is 5.43. The molecule has 5 heteroatoms. The molecule has 0 aliphatic carbocycles. The van der Waals surface area contributed by atoms with Gasteiger partial charge < -0.3 is 16.4 Å². The van der Waals surface area contributed by atoms with E-state index in [0.717, 1.165) is 5.56 Å². The molecule has 0 spiro atoms. The number of hydrogen-bond donors (Lipinski definition) is 3. The van der Waals surface area contributed by atoms with Crippen molar-refractivity contribution in [3.8, 4) is 0 Å². The van der Waals surface area contributed by atoms with Crippen molar-refractivity contribution in [3.63, 3.8) is 0 Å². The fourth-order valence-corrected chi connectivity index (χ4v) is 1.39. The van der Waals surface area contributed by atoms with Gasteiger partial charge in [-0.15, -0.1) is 0 Å². The number of rotatable bonds is 6. The number of benzene rings is 1. The summed E-state index contributed by atoms with van der Waals surface area (Å²) in [6.07, 6.45) is 0. The molecule has 0 aliphatic rings. The Balaban J connectivity index is 2.34. The molecule has 1 rings (SSSR count). The monoisotopic (exact) mass is 235 g/mol. The number of nitrogens with one attached hydrogen (secondary N) is 2. The quantitative estimate of drug-likeness (QED) is 0.607. The lowest BCUT2D eigenvalue weighted by atomic mass is 10.1. The highest BCUT2D eigenvalue weighted by Gasteiger charge is 2.00. The Morgan fingerprint density at radius 1 is 1.29 bits per heavy atom. The maximum Gasteiger partial charge on any atom is 0.248 e. The minimum absolute atomic E-state index is 0.0393. The van der Waals surface area contributed by atoms with Crippen LogP contribution in [0.25, 0.3) is 0 Å². The third-order valence-electron chi connectivity index (χ3n) is 2.22. The van der Waals surface area contributed by atoms with Gasteiger partial charge in [0.25, 0.3) is 0 Å². The predicted octanol–water partition coefficient (Wildman–Crippen LogP) is 0.0112. The number of carbonyl (C=O) groups excluding carboxylic acids is 2. The molecular weight excluding hydrogens is 218 g/mol. The molecule has 0 saturated carbocycles. The van der Waals surface area contributed by atoms with Gasteiger partial charge in [0.1, 0.15) is 0 Å². The van der Waals surface area contributed by atoms with E-state index >= 15 is 0 Å². The molecule has 17 heavy (non-hydrogen) atoms. The number of hydrogen-bond acceptors (Lipinski definition) is 3. The van der Waals surface area contributed by atoms with Crippen molar-refractivity contribution in [3.05, 3.63) is 35.4 Å². The Morgan fingerprint density at radius 3 is 2.71 bits per heavy atom. The Hall–Kier alpha value is -1.88. The van der Waals surface area contributed by atoms with Crippen molar-refractivity contribution >= 4 is 11.8 Å². The summed E-state index contributed by atoms with van der Waals surface area (Å²) in [4.78, 5) is 21.6. The van der Waals surface area contributed by atoms with Crippen molar-refractivity contribution in [1.29, 1.82) is 0 Å². The standard InChI is InChI=1S/C12H17N3O2/c1-9(16)15-6-5-14-8-10-3-2-4-11(7-10)12(13)17/h2-4,7,14H,5-6,8H2,1H3,(H2,13,17)(H,15,16). The van der Waals surface area contributed by atoms with Gasteiger partial charge in [0.2, 0.25) is 11.8 Å². The molecule has 0 bridgehead atoms. The number of carbonyl (C=O) groups is 2. The minimum Gasteiger partial charge on any atom is -0.366 e. The van der Waals surface area contributed by atoms with Crippen molar-refractivity contribution in [1.82, 2.24) is 10.6 Å². The lowest BCUT2D eigenvalue weighted by Crippen LogP contribution is -2.29. The van der Waals surface area contributed by atoms with Gasteiger partial charge in [-0.05, 0) is 17.7 Å². The van der Waals surface area contributed by atoms with Crippen molar-refractivity contribution in [2.75, 3.05) is 13.1 Å². The molecule has 0 radical (unpaired) electrons. The highest BCUT2D eigenvalue weighted by molar-refractivity contribution is 5.92. The summed E-state index contributed by atoms with van der Waals surface area (Å²) in [6, 6.07) is 7.15. The first kappa shape index (κ1) is 13.2. The van der Waals surface area contributed by atoms with Crippen LogP contribution in [0.2, 0.25) is 0 Å². The molecule has 0 saturated heterocycles. The summed E-state index contributed by atoms with van der Waals surface area (Å²) in [5.74, 6) is -0.465. The summed E-state index contributed by atoms with van der Waals surface area (Å²) in [7, 11) is 0. The zero-order valence-corrected chi connectivity index (χ0v) is 9.82. The lowest BCUT2D eigenvalue weighted by Gasteiger charge is -2.06. The normalized spacial score (nSPS) is 9.94. The SMILES string of the molecule is CC(=O)NCCNCc1cccc(C(N)=O)c1. The largest absolute Gasteiger partial charge is 0.366 e. The maximum absolute atomic E-state index is 11.0. The second-order valence-electron chi connectivity index (χ2n) is 3.72. The number of amides is 2. The van der Waals surface area contributed by atoms with Crippen LogP contribution in [0.15, 0.2) is 24.3 Å². The zero-order chi connectivity index (χ0) is 12.7. The van der Waals surface area contributed by atoms with E-state index in [9.17, 15) is 9.59 Å². The van der Waals surface area contributed by atoms with Crippen LogP contribution >= 0.6 is 0 Å². The summed E-state index contributed by atoms with van der Waals surface area (Å²) in [5.41, 5.74) is 6.68. The molecule has 0 atom stereocenters. The van der Waals surface area contributed by atoms with Gasteiger partial charge in [-0.25, -0.2) is 0 Å². The number of nitrogens with two attached hydrogens (primary N) is 1. The molecule has 0 unspecified atom stereocenters. The summed E-state index contributed by atoms with van der Waals surface area (Å²) in [5, 5.41) is 5.84. The molecule has 5 nitrogen and oxygen atoms in total.